The van der Waals surface area contributed by atoms with E-state index in [0.717, 1.165) is 22.2 Å². The molecule has 3 rings (SSSR count). The first kappa shape index (κ1) is 13.3. The molecule has 2 N–H and O–H groups in total. The Morgan fingerprint density at radius 1 is 1.45 bits per heavy atom. The summed E-state index contributed by atoms with van der Waals surface area (Å²) < 4.78 is 0. The minimum Gasteiger partial charge on any atom is -0.481 e. The molecule has 0 saturated carbocycles. The summed E-state index contributed by atoms with van der Waals surface area (Å²) in [5.74, 6) is -1.07. The fraction of sp³-hybridized carbons (Fsp3) is 0.0833. The van der Waals surface area contributed by atoms with E-state index in [4.69, 9.17) is 5.11 Å². The van der Waals surface area contributed by atoms with Crippen molar-refractivity contribution in [3.05, 3.63) is 33.2 Å². The van der Waals surface area contributed by atoms with Crippen molar-refractivity contribution in [3.63, 3.8) is 0 Å². The number of fused-ring (bicyclic) bond motifs is 1. The van der Waals surface area contributed by atoms with Crippen molar-refractivity contribution >= 4 is 50.6 Å². The Morgan fingerprint density at radius 3 is 3.00 bits per heavy atom. The number of aromatic amines is 1. The number of carbonyl (C=O) groups is 1. The Balaban J connectivity index is 2.07. The molecule has 0 fully saturated rings. The van der Waals surface area contributed by atoms with E-state index in [-0.39, 0.29) is 11.3 Å². The van der Waals surface area contributed by atoms with Crippen LogP contribution in [0.3, 0.4) is 0 Å². The van der Waals surface area contributed by atoms with Crippen LogP contribution in [0, 0.1) is 0 Å². The van der Waals surface area contributed by atoms with Gasteiger partial charge in [0.25, 0.3) is 5.56 Å². The normalized spacial score (nSPS) is 11.0. The summed E-state index contributed by atoms with van der Waals surface area (Å²) in [6, 6.07) is 3.89. The molecule has 0 saturated heterocycles. The molecule has 3 heterocycles. The van der Waals surface area contributed by atoms with Crippen LogP contribution in [0.5, 0.6) is 0 Å². The molecule has 0 aromatic carbocycles. The van der Waals surface area contributed by atoms with Crippen LogP contribution in [-0.4, -0.2) is 26.8 Å². The van der Waals surface area contributed by atoms with Crippen molar-refractivity contribution in [2.75, 3.05) is 5.75 Å². The Kier molecular flexibility index (Phi) is 3.60. The number of rotatable bonds is 4. The van der Waals surface area contributed by atoms with Crippen LogP contribution >= 0.6 is 34.4 Å². The average Bonchev–Trinajstić information content (AvgIpc) is 3.04. The maximum absolute atomic E-state index is 12.2. The van der Waals surface area contributed by atoms with E-state index in [2.05, 4.69) is 9.97 Å². The van der Waals surface area contributed by atoms with E-state index in [1.807, 2.05) is 22.9 Å². The second-order valence-electron chi connectivity index (χ2n) is 3.86. The number of H-pyrrole nitrogens is 1. The zero-order chi connectivity index (χ0) is 14.1. The third kappa shape index (κ3) is 2.49. The van der Waals surface area contributed by atoms with Crippen LogP contribution in [0.4, 0.5) is 0 Å². The standard InChI is InChI=1S/C12H8N2O3S3/c15-8(16)5-20-12-13-10(17)9-6(4-19-11(9)14-12)7-2-1-3-18-7/h1-4H,5H2,(H,15,16)(H,13,14,17). The Morgan fingerprint density at radius 2 is 2.30 bits per heavy atom. The molecule has 3 aromatic rings. The first-order chi connectivity index (χ1) is 9.65. The minimum atomic E-state index is -0.941. The molecule has 0 amide bonds. The molecule has 0 unspecified atom stereocenters. The Bertz CT molecular complexity index is 820. The number of aliphatic carboxylic acids is 1. The predicted molar refractivity (Wildman–Crippen MR) is 81.9 cm³/mol. The smallest absolute Gasteiger partial charge is 0.313 e. The molecule has 0 aliphatic carbocycles. The van der Waals surface area contributed by atoms with Gasteiger partial charge in [-0.3, -0.25) is 9.59 Å². The number of hydrogen-bond donors (Lipinski definition) is 2. The number of nitrogens with zero attached hydrogens (tertiary/aromatic N) is 1. The van der Waals surface area contributed by atoms with Crippen LogP contribution in [0.25, 0.3) is 20.7 Å². The van der Waals surface area contributed by atoms with Gasteiger partial charge in [0.1, 0.15) is 4.83 Å². The number of thioether (sulfide) groups is 1. The second-order valence-corrected chi connectivity index (χ2v) is 6.63. The molecule has 0 spiro atoms. The summed E-state index contributed by atoms with van der Waals surface area (Å²) >= 11 is 3.96. The SMILES string of the molecule is O=C(O)CSc1nc2scc(-c3cccs3)c2c(=O)[nH]1. The Labute approximate surface area is 125 Å². The average molecular weight is 324 g/mol. The van der Waals surface area contributed by atoms with Gasteiger partial charge in [-0.05, 0) is 11.4 Å². The number of aromatic nitrogens is 2. The van der Waals surface area contributed by atoms with Crippen molar-refractivity contribution < 1.29 is 9.90 Å². The molecular weight excluding hydrogens is 316 g/mol. The summed E-state index contributed by atoms with van der Waals surface area (Å²) in [6.45, 7) is 0. The van der Waals surface area contributed by atoms with E-state index in [1.54, 1.807) is 11.3 Å². The number of carboxylic acid groups (broad SMARTS) is 1. The maximum atomic E-state index is 12.2. The molecule has 5 nitrogen and oxygen atoms in total. The highest BCUT2D eigenvalue weighted by atomic mass is 32.2. The van der Waals surface area contributed by atoms with Crippen molar-refractivity contribution in [1.82, 2.24) is 9.97 Å². The van der Waals surface area contributed by atoms with Gasteiger partial charge in [0.15, 0.2) is 5.16 Å². The molecule has 0 radical (unpaired) electrons. The Hall–Kier alpha value is -1.64. The largest absolute Gasteiger partial charge is 0.481 e. The summed E-state index contributed by atoms with van der Waals surface area (Å²) in [6.07, 6.45) is 0. The lowest BCUT2D eigenvalue weighted by molar-refractivity contribution is -0.133. The van der Waals surface area contributed by atoms with Crippen molar-refractivity contribution in [2.24, 2.45) is 0 Å². The van der Waals surface area contributed by atoms with Crippen LogP contribution in [0.2, 0.25) is 0 Å². The summed E-state index contributed by atoms with van der Waals surface area (Å²) in [4.78, 5) is 31.3. The van der Waals surface area contributed by atoms with Crippen LogP contribution in [0.15, 0.2) is 32.8 Å². The molecule has 0 aliphatic heterocycles. The minimum absolute atomic E-state index is 0.127. The van der Waals surface area contributed by atoms with E-state index in [1.165, 1.54) is 11.3 Å². The third-order valence-electron chi connectivity index (χ3n) is 2.54. The van der Waals surface area contributed by atoms with Gasteiger partial charge in [0.05, 0.1) is 11.1 Å². The fourth-order valence-corrected chi connectivity index (χ4v) is 4.14. The third-order valence-corrected chi connectivity index (χ3v) is 5.17. The van der Waals surface area contributed by atoms with Crippen molar-refractivity contribution in [2.45, 2.75) is 5.16 Å². The molecule has 0 atom stereocenters. The molecular formula is C12H8N2O3S3. The van der Waals surface area contributed by atoms with Gasteiger partial charge in [0, 0.05) is 15.8 Å². The lowest BCUT2D eigenvalue weighted by atomic mass is 10.2. The maximum Gasteiger partial charge on any atom is 0.313 e. The summed E-state index contributed by atoms with van der Waals surface area (Å²) in [5.41, 5.74) is 0.649. The van der Waals surface area contributed by atoms with E-state index in [9.17, 15) is 9.59 Å². The van der Waals surface area contributed by atoms with Crippen molar-refractivity contribution in [3.8, 4) is 10.4 Å². The van der Waals surface area contributed by atoms with Crippen LogP contribution in [0.1, 0.15) is 0 Å². The second kappa shape index (κ2) is 5.39. The quantitative estimate of drug-likeness (QED) is 0.569. The molecule has 0 aliphatic rings. The lowest BCUT2D eigenvalue weighted by Gasteiger charge is -1.99. The van der Waals surface area contributed by atoms with Gasteiger partial charge in [-0.25, -0.2) is 4.98 Å². The molecule has 3 aromatic heterocycles. The number of thiophene rings is 2. The molecule has 0 bridgehead atoms. The van der Waals surface area contributed by atoms with Gasteiger partial charge in [-0.1, -0.05) is 17.8 Å². The first-order valence-corrected chi connectivity index (χ1v) is 8.29. The summed E-state index contributed by atoms with van der Waals surface area (Å²) in [5, 5.41) is 13.4. The topological polar surface area (TPSA) is 83.0 Å². The van der Waals surface area contributed by atoms with Crippen LogP contribution in [-0.2, 0) is 4.79 Å². The molecule has 8 heteroatoms. The van der Waals surface area contributed by atoms with E-state index in [0.29, 0.717) is 15.4 Å². The van der Waals surface area contributed by atoms with Gasteiger partial charge < -0.3 is 10.1 Å². The zero-order valence-electron chi connectivity index (χ0n) is 9.95. The predicted octanol–water partition coefficient (Wildman–Crippen LogP) is 2.89. The lowest BCUT2D eigenvalue weighted by Crippen LogP contribution is -2.09. The number of nitrogens with one attached hydrogen (secondary N) is 1. The molecule has 102 valence electrons. The number of hydrogen-bond acceptors (Lipinski definition) is 6. The van der Waals surface area contributed by atoms with E-state index < -0.39 is 5.97 Å². The highest BCUT2D eigenvalue weighted by molar-refractivity contribution is 7.99. The van der Waals surface area contributed by atoms with Gasteiger partial charge in [-0.2, -0.15) is 0 Å². The van der Waals surface area contributed by atoms with Gasteiger partial charge in [0.2, 0.25) is 0 Å². The monoisotopic (exact) mass is 324 g/mol. The first-order valence-electron chi connectivity index (χ1n) is 5.55. The highest BCUT2D eigenvalue weighted by Gasteiger charge is 2.14. The van der Waals surface area contributed by atoms with Crippen LogP contribution < -0.4 is 5.56 Å². The van der Waals surface area contributed by atoms with Crippen molar-refractivity contribution in [1.29, 1.82) is 0 Å². The zero-order valence-corrected chi connectivity index (χ0v) is 12.4. The van der Waals surface area contributed by atoms with E-state index >= 15 is 0 Å². The molecule has 20 heavy (non-hydrogen) atoms. The van der Waals surface area contributed by atoms with Gasteiger partial charge in [-0.15, -0.1) is 22.7 Å². The number of carboxylic acids is 1. The highest BCUT2D eigenvalue weighted by Crippen LogP contribution is 2.33. The summed E-state index contributed by atoms with van der Waals surface area (Å²) in [7, 11) is 0. The van der Waals surface area contributed by atoms with Gasteiger partial charge >= 0.3 is 5.97 Å². The fourth-order valence-electron chi connectivity index (χ4n) is 1.74.